The molecule has 0 spiro atoms. The van der Waals surface area contributed by atoms with Gasteiger partial charge < -0.3 is 4.90 Å². The van der Waals surface area contributed by atoms with Gasteiger partial charge in [-0.25, -0.2) is 0 Å². The fourth-order valence-electron chi connectivity index (χ4n) is 2.59. The fourth-order valence-corrected chi connectivity index (χ4v) is 3.39. The Balaban J connectivity index is 2.52. The van der Waals surface area contributed by atoms with E-state index in [1.807, 2.05) is 16.7 Å². The summed E-state index contributed by atoms with van der Waals surface area (Å²) in [6.07, 6.45) is 2.21. The van der Waals surface area contributed by atoms with Crippen molar-refractivity contribution in [3.63, 3.8) is 0 Å². The van der Waals surface area contributed by atoms with Gasteiger partial charge in [0.25, 0.3) is 0 Å². The summed E-state index contributed by atoms with van der Waals surface area (Å²) in [5.41, 5.74) is 0. The normalized spacial score (nSPS) is 26.1. The van der Waals surface area contributed by atoms with Gasteiger partial charge in [0.1, 0.15) is 0 Å². The maximum atomic E-state index is 12.4. The molecule has 1 N–H and O–H groups in total. The van der Waals surface area contributed by atoms with Crippen LogP contribution in [0.2, 0.25) is 0 Å². The van der Waals surface area contributed by atoms with Crippen molar-refractivity contribution < 1.29 is 4.79 Å². The van der Waals surface area contributed by atoms with Gasteiger partial charge in [-0.05, 0) is 44.1 Å². The monoisotopic (exact) mass is 272 g/mol. The number of thioether (sulfide) groups is 1. The molecule has 1 fully saturated rings. The number of carbonyl (C=O) groups excluding carboxylic acids is 1. The number of hydrogen-bond acceptors (Lipinski definition) is 3. The molecule has 0 aliphatic carbocycles. The number of nitrogens with zero attached hydrogens (tertiary/aromatic N) is 1. The standard InChI is InChI=1S/C14H28N2OS/c1-6-18-8-7-11(4)16-12(5)15-13(14(16)17)9-10(2)3/h10-13,15H,6-9H2,1-5H3. The first kappa shape index (κ1) is 15.8. The van der Waals surface area contributed by atoms with E-state index in [2.05, 4.69) is 39.9 Å². The lowest BCUT2D eigenvalue weighted by Gasteiger charge is -2.28. The lowest BCUT2D eigenvalue weighted by molar-refractivity contribution is -0.132. The van der Waals surface area contributed by atoms with Crippen LogP contribution in [0, 0.1) is 5.92 Å². The minimum Gasteiger partial charge on any atom is -0.323 e. The molecule has 1 aliphatic rings. The van der Waals surface area contributed by atoms with Crippen molar-refractivity contribution in [2.24, 2.45) is 5.92 Å². The highest BCUT2D eigenvalue weighted by atomic mass is 32.2. The molecule has 3 nitrogen and oxygen atoms in total. The molecule has 18 heavy (non-hydrogen) atoms. The summed E-state index contributed by atoms with van der Waals surface area (Å²) < 4.78 is 0. The van der Waals surface area contributed by atoms with Crippen molar-refractivity contribution in [1.29, 1.82) is 0 Å². The van der Waals surface area contributed by atoms with Gasteiger partial charge in [-0.3, -0.25) is 10.1 Å². The zero-order valence-electron chi connectivity index (χ0n) is 12.4. The van der Waals surface area contributed by atoms with Crippen molar-refractivity contribution in [2.75, 3.05) is 11.5 Å². The van der Waals surface area contributed by atoms with Gasteiger partial charge in [0, 0.05) is 6.04 Å². The molecule has 1 heterocycles. The fraction of sp³-hybridized carbons (Fsp3) is 0.929. The van der Waals surface area contributed by atoms with Crippen LogP contribution in [-0.4, -0.2) is 40.6 Å². The molecule has 3 atom stereocenters. The van der Waals surface area contributed by atoms with Gasteiger partial charge in [-0.15, -0.1) is 0 Å². The second-order valence-corrected chi connectivity index (χ2v) is 7.00. The Labute approximate surface area is 116 Å². The summed E-state index contributed by atoms with van der Waals surface area (Å²) in [6.45, 7) is 10.8. The van der Waals surface area contributed by atoms with Crippen molar-refractivity contribution in [3.05, 3.63) is 0 Å². The molecule has 4 heteroatoms. The third-order valence-corrected chi connectivity index (χ3v) is 4.41. The lowest BCUT2D eigenvalue weighted by Crippen LogP contribution is -2.41. The summed E-state index contributed by atoms with van der Waals surface area (Å²) >= 11 is 1.95. The SMILES string of the molecule is CCSCCC(C)N1C(=O)C(CC(C)C)NC1C. The van der Waals surface area contributed by atoms with Gasteiger partial charge in [-0.1, -0.05) is 20.8 Å². The molecule has 1 rings (SSSR count). The topological polar surface area (TPSA) is 32.3 Å². The van der Waals surface area contributed by atoms with Gasteiger partial charge in [0.2, 0.25) is 5.91 Å². The smallest absolute Gasteiger partial charge is 0.241 e. The van der Waals surface area contributed by atoms with Crippen molar-refractivity contribution in [3.8, 4) is 0 Å². The Kier molecular flexibility index (Phi) is 6.50. The quantitative estimate of drug-likeness (QED) is 0.723. The van der Waals surface area contributed by atoms with E-state index >= 15 is 0 Å². The molecule has 0 aromatic rings. The van der Waals surface area contributed by atoms with E-state index < -0.39 is 0 Å². The van der Waals surface area contributed by atoms with E-state index in [0.29, 0.717) is 17.9 Å². The second-order valence-electron chi connectivity index (χ2n) is 5.60. The average molecular weight is 272 g/mol. The zero-order chi connectivity index (χ0) is 13.7. The number of amides is 1. The summed E-state index contributed by atoms with van der Waals surface area (Å²) in [5, 5.41) is 3.43. The van der Waals surface area contributed by atoms with Crippen molar-refractivity contribution in [1.82, 2.24) is 10.2 Å². The molecule has 0 saturated carbocycles. The second kappa shape index (κ2) is 7.39. The first-order chi connectivity index (χ1) is 8.47. The molecule has 1 aliphatic heterocycles. The molecule has 0 bridgehead atoms. The molecule has 1 amide bonds. The Morgan fingerprint density at radius 1 is 1.39 bits per heavy atom. The Morgan fingerprint density at radius 3 is 2.61 bits per heavy atom. The maximum absolute atomic E-state index is 12.4. The average Bonchev–Trinajstić information content (AvgIpc) is 2.53. The highest BCUT2D eigenvalue weighted by Gasteiger charge is 2.38. The van der Waals surface area contributed by atoms with E-state index in [1.165, 1.54) is 0 Å². The highest BCUT2D eigenvalue weighted by molar-refractivity contribution is 7.99. The van der Waals surface area contributed by atoms with E-state index in [1.54, 1.807) is 0 Å². The van der Waals surface area contributed by atoms with Crippen LogP contribution < -0.4 is 5.32 Å². The number of carbonyl (C=O) groups is 1. The van der Waals surface area contributed by atoms with Crippen molar-refractivity contribution in [2.45, 2.75) is 65.7 Å². The minimum atomic E-state index is 0.0290. The van der Waals surface area contributed by atoms with Crippen LogP contribution in [0.3, 0.4) is 0 Å². The summed E-state index contributed by atoms with van der Waals surface area (Å²) in [5.74, 6) is 3.16. The molecular weight excluding hydrogens is 244 g/mol. The van der Waals surface area contributed by atoms with E-state index in [-0.39, 0.29) is 12.2 Å². The summed E-state index contributed by atoms with van der Waals surface area (Å²) in [6, 6.07) is 0.373. The van der Waals surface area contributed by atoms with Crippen LogP contribution in [0.15, 0.2) is 0 Å². The van der Waals surface area contributed by atoms with Crippen LogP contribution in [0.5, 0.6) is 0 Å². The molecule has 0 aromatic heterocycles. The van der Waals surface area contributed by atoms with Crippen LogP contribution >= 0.6 is 11.8 Å². The molecular formula is C14H28N2OS. The maximum Gasteiger partial charge on any atom is 0.241 e. The van der Waals surface area contributed by atoms with Gasteiger partial charge in [0.15, 0.2) is 0 Å². The van der Waals surface area contributed by atoms with Gasteiger partial charge >= 0.3 is 0 Å². The number of nitrogens with one attached hydrogen (secondary N) is 1. The van der Waals surface area contributed by atoms with Crippen LogP contribution in [0.25, 0.3) is 0 Å². The lowest BCUT2D eigenvalue weighted by atomic mass is 10.0. The summed E-state index contributed by atoms with van der Waals surface area (Å²) in [7, 11) is 0. The molecule has 3 unspecified atom stereocenters. The zero-order valence-corrected chi connectivity index (χ0v) is 13.2. The largest absolute Gasteiger partial charge is 0.323 e. The van der Waals surface area contributed by atoms with E-state index in [4.69, 9.17) is 0 Å². The first-order valence-corrected chi connectivity index (χ1v) is 8.28. The molecule has 0 radical (unpaired) electrons. The van der Waals surface area contributed by atoms with E-state index in [9.17, 15) is 4.79 Å². The highest BCUT2D eigenvalue weighted by Crippen LogP contribution is 2.21. The summed E-state index contributed by atoms with van der Waals surface area (Å²) in [4.78, 5) is 14.4. The van der Waals surface area contributed by atoms with Gasteiger partial charge in [0.05, 0.1) is 12.2 Å². The van der Waals surface area contributed by atoms with Crippen molar-refractivity contribution >= 4 is 17.7 Å². The predicted molar refractivity (Wildman–Crippen MR) is 79.8 cm³/mol. The third-order valence-electron chi connectivity index (χ3n) is 3.48. The Morgan fingerprint density at radius 2 is 2.06 bits per heavy atom. The Bertz CT molecular complexity index is 271. The van der Waals surface area contributed by atoms with Crippen LogP contribution in [0.1, 0.15) is 47.5 Å². The molecule has 1 saturated heterocycles. The van der Waals surface area contributed by atoms with Gasteiger partial charge in [-0.2, -0.15) is 11.8 Å². The van der Waals surface area contributed by atoms with E-state index in [0.717, 1.165) is 24.3 Å². The number of hydrogen-bond donors (Lipinski definition) is 1. The van der Waals surface area contributed by atoms with Crippen LogP contribution in [0.4, 0.5) is 0 Å². The first-order valence-electron chi connectivity index (χ1n) is 7.13. The minimum absolute atomic E-state index is 0.0290. The Hall–Kier alpha value is -0.220. The molecule has 0 aromatic carbocycles. The van der Waals surface area contributed by atoms with Crippen LogP contribution in [-0.2, 0) is 4.79 Å². The predicted octanol–water partition coefficient (Wildman–Crippen LogP) is 2.71. The number of rotatable bonds is 7. The third kappa shape index (κ3) is 4.16. The molecule has 106 valence electrons.